The Morgan fingerprint density at radius 3 is 2.53 bits per heavy atom. The number of carbonyl (C=O) groups is 2. The molecule has 4 heteroatoms. The van der Waals surface area contributed by atoms with Gasteiger partial charge in [-0.05, 0) is 18.8 Å². The summed E-state index contributed by atoms with van der Waals surface area (Å²) in [6.45, 7) is -0.0119. The van der Waals surface area contributed by atoms with E-state index in [9.17, 15) is 9.59 Å². The zero-order chi connectivity index (χ0) is 11.1. The molecular formula is C11H19NO3. The predicted octanol–water partition coefficient (Wildman–Crippen LogP) is 1.25. The lowest BCUT2D eigenvalue weighted by molar-refractivity contribution is -0.141. The highest BCUT2D eigenvalue weighted by Crippen LogP contribution is 2.25. The molecule has 1 aliphatic carbocycles. The standard InChI is InChI=1S/C11H19NO3/c1-15-11(14)8-12-10(13)7-9-5-3-2-4-6-9/h9H,2-8H2,1H3,(H,12,13). The van der Waals surface area contributed by atoms with Gasteiger partial charge in [0.15, 0.2) is 0 Å². The number of amides is 1. The molecule has 0 bridgehead atoms. The van der Waals surface area contributed by atoms with E-state index in [1.54, 1.807) is 0 Å². The Balaban J connectivity index is 2.14. The number of hydrogen-bond donors (Lipinski definition) is 1. The lowest BCUT2D eigenvalue weighted by Gasteiger charge is -2.20. The van der Waals surface area contributed by atoms with Crippen molar-refractivity contribution in [3.63, 3.8) is 0 Å². The van der Waals surface area contributed by atoms with Crippen LogP contribution < -0.4 is 5.32 Å². The Labute approximate surface area is 90.4 Å². The third-order valence-corrected chi connectivity index (χ3v) is 2.86. The second kappa shape index (κ2) is 6.43. The molecule has 0 radical (unpaired) electrons. The normalized spacial score (nSPS) is 17.1. The van der Waals surface area contributed by atoms with E-state index in [1.807, 2.05) is 0 Å². The second-order valence-electron chi connectivity index (χ2n) is 4.06. The van der Waals surface area contributed by atoms with Gasteiger partial charge in [-0.25, -0.2) is 0 Å². The molecular weight excluding hydrogens is 194 g/mol. The number of carbonyl (C=O) groups excluding carboxylic acids is 2. The summed E-state index contributed by atoms with van der Waals surface area (Å²) in [5.41, 5.74) is 0. The highest BCUT2D eigenvalue weighted by Gasteiger charge is 2.17. The van der Waals surface area contributed by atoms with Crippen LogP contribution in [-0.4, -0.2) is 25.5 Å². The molecule has 86 valence electrons. The van der Waals surface area contributed by atoms with Gasteiger partial charge in [0.05, 0.1) is 7.11 Å². The molecule has 0 aromatic rings. The first-order valence-electron chi connectivity index (χ1n) is 5.56. The van der Waals surface area contributed by atoms with Crippen molar-refractivity contribution in [3.8, 4) is 0 Å². The second-order valence-corrected chi connectivity index (χ2v) is 4.06. The molecule has 0 spiro atoms. The Hall–Kier alpha value is -1.06. The fourth-order valence-electron chi connectivity index (χ4n) is 1.97. The van der Waals surface area contributed by atoms with Gasteiger partial charge in [0.25, 0.3) is 0 Å². The molecule has 0 aromatic heterocycles. The van der Waals surface area contributed by atoms with Crippen LogP contribution in [0.15, 0.2) is 0 Å². The van der Waals surface area contributed by atoms with Crippen molar-refractivity contribution in [2.24, 2.45) is 5.92 Å². The largest absolute Gasteiger partial charge is 0.468 e. The first kappa shape index (κ1) is 12.0. The van der Waals surface area contributed by atoms with Crippen LogP contribution in [0.4, 0.5) is 0 Å². The van der Waals surface area contributed by atoms with E-state index in [0.717, 1.165) is 12.8 Å². The van der Waals surface area contributed by atoms with Crippen LogP contribution in [-0.2, 0) is 14.3 Å². The molecule has 1 aliphatic rings. The fraction of sp³-hybridized carbons (Fsp3) is 0.818. The third kappa shape index (κ3) is 4.81. The molecule has 15 heavy (non-hydrogen) atoms. The molecule has 0 aliphatic heterocycles. The number of rotatable bonds is 4. The minimum atomic E-state index is -0.396. The van der Waals surface area contributed by atoms with Crippen molar-refractivity contribution in [2.75, 3.05) is 13.7 Å². The molecule has 1 N–H and O–H groups in total. The van der Waals surface area contributed by atoms with E-state index in [-0.39, 0.29) is 12.5 Å². The fourth-order valence-corrected chi connectivity index (χ4v) is 1.97. The van der Waals surface area contributed by atoms with Crippen LogP contribution in [0.25, 0.3) is 0 Å². The van der Waals surface area contributed by atoms with E-state index < -0.39 is 5.97 Å². The lowest BCUT2D eigenvalue weighted by atomic mass is 9.87. The Morgan fingerprint density at radius 1 is 1.27 bits per heavy atom. The molecule has 0 atom stereocenters. The molecule has 0 heterocycles. The Morgan fingerprint density at radius 2 is 1.93 bits per heavy atom. The van der Waals surface area contributed by atoms with E-state index in [0.29, 0.717) is 12.3 Å². The van der Waals surface area contributed by atoms with Crippen LogP contribution in [0.1, 0.15) is 38.5 Å². The molecule has 4 nitrogen and oxygen atoms in total. The van der Waals surface area contributed by atoms with Crippen molar-refractivity contribution in [2.45, 2.75) is 38.5 Å². The number of esters is 1. The average Bonchev–Trinajstić information content (AvgIpc) is 2.27. The summed E-state index contributed by atoms with van der Waals surface area (Å²) < 4.78 is 4.44. The van der Waals surface area contributed by atoms with Gasteiger partial charge >= 0.3 is 5.97 Å². The summed E-state index contributed by atoms with van der Waals surface area (Å²) in [4.78, 5) is 22.2. The summed E-state index contributed by atoms with van der Waals surface area (Å²) in [5.74, 6) is 0.0793. The summed E-state index contributed by atoms with van der Waals surface area (Å²) in [6, 6.07) is 0. The molecule has 1 fully saturated rings. The van der Waals surface area contributed by atoms with Crippen molar-refractivity contribution in [1.29, 1.82) is 0 Å². The molecule has 0 saturated heterocycles. The Kier molecular flexibility index (Phi) is 5.15. The highest BCUT2D eigenvalue weighted by molar-refractivity contribution is 5.81. The minimum absolute atomic E-state index is 0.0119. The van der Waals surface area contributed by atoms with Crippen LogP contribution in [0, 0.1) is 5.92 Å². The predicted molar refractivity (Wildman–Crippen MR) is 56.2 cm³/mol. The van der Waals surface area contributed by atoms with E-state index in [1.165, 1.54) is 26.4 Å². The lowest BCUT2D eigenvalue weighted by Crippen LogP contribution is -2.31. The molecule has 1 rings (SSSR count). The maximum absolute atomic E-state index is 11.4. The van der Waals surface area contributed by atoms with Gasteiger partial charge in [-0.3, -0.25) is 9.59 Å². The molecule has 0 aromatic carbocycles. The van der Waals surface area contributed by atoms with Gasteiger partial charge in [-0.1, -0.05) is 19.3 Å². The first-order chi connectivity index (χ1) is 7.22. The summed E-state index contributed by atoms with van der Waals surface area (Å²) in [6.07, 6.45) is 6.60. The van der Waals surface area contributed by atoms with Crippen molar-refractivity contribution >= 4 is 11.9 Å². The van der Waals surface area contributed by atoms with Gasteiger partial charge in [0.1, 0.15) is 6.54 Å². The number of ether oxygens (including phenoxy) is 1. The zero-order valence-electron chi connectivity index (χ0n) is 9.25. The van der Waals surface area contributed by atoms with Crippen LogP contribution in [0.2, 0.25) is 0 Å². The van der Waals surface area contributed by atoms with Gasteiger partial charge in [-0.2, -0.15) is 0 Å². The maximum atomic E-state index is 11.4. The van der Waals surface area contributed by atoms with E-state index in [2.05, 4.69) is 10.1 Å². The smallest absolute Gasteiger partial charge is 0.325 e. The Bertz CT molecular complexity index is 222. The average molecular weight is 213 g/mol. The highest BCUT2D eigenvalue weighted by atomic mass is 16.5. The van der Waals surface area contributed by atoms with Gasteiger partial charge < -0.3 is 10.1 Å². The van der Waals surface area contributed by atoms with E-state index in [4.69, 9.17) is 0 Å². The quantitative estimate of drug-likeness (QED) is 0.715. The van der Waals surface area contributed by atoms with E-state index >= 15 is 0 Å². The number of hydrogen-bond acceptors (Lipinski definition) is 3. The number of nitrogens with one attached hydrogen (secondary N) is 1. The van der Waals surface area contributed by atoms with Crippen molar-refractivity contribution in [3.05, 3.63) is 0 Å². The summed E-state index contributed by atoms with van der Waals surface area (Å²) in [7, 11) is 1.32. The maximum Gasteiger partial charge on any atom is 0.325 e. The molecule has 1 amide bonds. The van der Waals surface area contributed by atoms with Crippen molar-refractivity contribution < 1.29 is 14.3 Å². The summed E-state index contributed by atoms with van der Waals surface area (Å²) >= 11 is 0. The van der Waals surface area contributed by atoms with Crippen LogP contribution >= 0.6 is 0 Å². The van der Waals surface area contributed by atoms with Crippen LogP contribution in [0.3, 0.4) is 0 Å². The van der Waals surface area contributed by atoms with Crippen LogP contribution in [0.5, 0.6) is 0 Å². The molecule has 1 saturated carbocycles. The summed E-state index contributed by atoms with van der Waals surface area (Å²) in [5, 5.41) is 2.57. The third-order valence-electron chi connectivity index (χ3n) is 2.86. The monoisotopic (exact) mass is 213 g/mol. The topological polar surface area (TPSA) is 55.4 Å². The zero-order valence-corrected chi connectivity index (χ0v) is 9.25. The minimum Gasteiger partial charge on any atom is -0.468 e. The first-order valence-corrected chi connectivity index (χ1v) is 5.56. The van der Waals surface area contributed by atoms with Gasteiger partial charge in [0, 0.05) is 6.42 Å². The van der Waals surface area contributed by atoms with Gasteiger partial charge in [0.2, 0.25) is 5.91 Å². The van der Waals surface area contributed by atoms with Crippen molar-refractivity contribution in [1.82, 2.24) is 5.32 Å². The SMILES string of the molecule is COC(=O)CNC(=O)CC1CCCCC1. The molecule has 0 unspecified atom stereocenters. The number of methoxy groups -OCH3 is 1. The van der Waals surface area contributed by atoms with Gasteiger partial charge in [-0.15, -0.1) is 0 Å².